The van der Waals surface area contributed by atoms with Gasteiger partial charge < -0.3 is 47.4 Å². The van der Waals surface area contributed by atoms with Gasteiger partial charge in [0.2, 0.25) is 11.5 Å². The van der Waals surface area contributed by atoms with Crippen molar-refractivity contribution in [2.75, 3.05) is 42.7 Å². The van der Waals surface area contributed by atoms with Crippen molar-refractivity contribution < 1.29 is 37.9 Å². The van der Waals surface area contributed by atoms with Crippen molar-refractivity contribution >= 4 is 21.8 Å². The van der Waals surface area contributed by atoms with Crippen molar-refractivity contribution in [1.29, 1.82) is 10.5 Å². The van der Waals surface area contributed by atoms with Crippen LogP contribution in [0.1, 0.15) is 11.1 Å². The molecule has 0 amide bonds. The summed E-state index contributed by atoms with van der Waals surface area (Å²) in [6.45, 7) is 0. The average Bonchev–Trinajstić information content (AvgIpc) is 3.69. The van der Waals surface area contributed by atoms with Gasteiger partial charge in [0.25, 0.3) is 0 Å². The quantitative estimate of drug-likeness (QED) is 0.155. The number of methoxy groups -OCH3 is 6. The van der Waals surface area contributed by atoms with Gasteiger partial charge in [-0.1, -0.05) is 0 Å². The van der Waals surface area contributed by atoms with Crippen molar-refractivity contribution in [2.24, 2.45) is 7.05 Å². The fraction of sp³-hybridized carbons (Fsp3) is 0.189. The maximum absolute atomic E-state index is 9.27. The highest BCUT2D eigenvalue weighted by Gasteiger charge is 2.16. The number of hydrogen-bond donors (Lipinski definition) is 1. The summed E-state index contributed by atoms with van der Waals surface area (Å²) in [7, 11) is 11.2. The first kappa shape index (κ1) is 33.7. The van der Waals surface area contributed by atoms with Gasteiger partial charge in [-0.3, -0.25) is 0 Å². The summed E-state index contributed by atoms with van der Waals surface area (Å²) in [5.41, 5.74) is 3.02. The molecule has 49 heavy (non-hydrogen) atoms. The van der Waals surface area contributed by atoms with Crippen LogP contribution in [0.5, 0.6) is 57.5 Å². The van der Waals surface area contributed by atoms with Gasteiger partial charge in [0.05, 0.1) is 53.8 Å². The Morgan fingerprint density at radius 1 is 0.551 bits per heavy atom. The minimum atomic E-state index is 0.500. The first-order chi connectivity index (χ1) is 23.8. The first-order valence-corrected chi connectivity index (χ1v) is 14.8. The molecule has 2 aromatic heterocycles. The summed E-state index contributed by atoms with van der Waals surface area (Å²) >= 11 is 0. The molecule has 250 valence electrons. The highest BCUT2D eigenvalue weighted by molar-refractivity contribution is 5.88. The van der Waals surface area contributed by atoms with E-state index in [1.165, 1.54) is 0 Å². The zero-order chi connectivity index (χ0) is 35.1. The third-order valence-electron chi connectivity index (χ3n) is 7.60. The highest BCUT2D eigenvalue weighted by Crippen LogP contribution is 2.43. The van der Waals surface area contributed by atoms with E-state index in [1.54, 1.807) is 79.3 Å². The van der Waals surface area contributed by atoms with Crippen molar-refractivity contribution in [3.05, 3.63) is 84.2 Å². The van der Waals surface area contributed by atoms with Crippen LogP contribution in [-0.2, 0) is 7.05 Å². The SMILES string of the molecule is COc1cc(Oc2ccc3[nH]cc(C#N)c3c2)cc(OC)c1OC.COc1cc(Oc2ccc3c(c2)c(C#N)cn3C)cc(OC)c1OC. The van der Waals surface area contributed by atoms with E-state index >= 15 is 0 Å². The number of aromatic amines is 1. The van der Waals surface area contributed by atoms with E-state index in [0.29, 0.717) is 68.6 Å². The Labute approximate surface area is 283 Å². The maximum atomic E-state index is 9.27. The molecule has 0 atom stereocenters. The molecule has 0 saturated carbocycles. The minimum absolute atomic E-state index is 0.500. The van der Waals surface area contributed by atoms with Crippen LogP contribution in [-0.4, -0.2) is 52.2 Å². The molecule has 0 aliphatic carbocycles. The van der Waals surface area contributed by atoms with E-state index in [4.69, 9.17) is 43.2 Å². The Balaban J connectivity index is 0.000000191. The average molecular weight is 663 g/mol. The standard InChI is InChI=1S/C19H18N2O4.C18H16N2O4/c1-21-11-12(10-20)15-7-13(5-6-16(15)21)25-14-8-17(22-2)19(24-4)18(9-14)23-3;1-21-16-7-13(8-17(22-2)18(16)23-3)24-12-4-5-15-14(6-12)11(9-19)10-20-15/h5-9,11H,1-4H3;4-8,10,20H,1-3H3. The van der Waals surface area contributed by atoms with Gasteiger partial charge >= 0.3 is 0 Å². The summed E-state index contributed by atoms with van der Waals surface area (Å²) in [4.78, 5) is 3.05. The van der Waals surface area contributed by atoms with Crippen LogP contribution in [0.25, 0.3) is 21.8 Å². The molecular weight excluding hydrogens is 628 g/mol. The molecule has 0 spiro atoms. The van der Waals surface area contributed by atoms with Gasteiger partial charge in [-0.2, -0.15) is 10.5 Å². The third-order valence-corrected chi connectivity index (χ3v) is 7.60. The van der Waals surface area contributed by atoms with Crippen molar-refractivity contribution in [2.45, 2.75) is 0 Å². The second kappa shape index (κ2) is 14.8. The molecule has 0 bridgehead atoms. The Kier molecular flexibility index (Phi) is 10.2. The predicted octanol–water partition coefficient (Wildman–Crippen LogP) is 7.73. The van der Waals surface area contributed by atoms with Gasteiger partial charge in [0, 0.05) is 65.5 Å². The highest BCUT2D eigenvalue weighted by atomic mass is 16.5. The van der Waals surface area contributed by atoms with Crippen LogP contribution in [0.4, 0.5) is 0 Å². The summed E-state index contributed by atoms with van der Waals surface area (Å²) in [5, 5.41) is 20.1. The summed E-state index contributed by atoms with van der Waals surface area (Å²) in [6, 6.07) is 22.3. The van der Waals surface area contributed by atoms with Crippen LogP contribution in [0, 0.1) is 22.7 Å². The minimum Gasteiger partial charge on any atom is -0.493 e. The number of nitrogens with zero attached hydrogens (tertiary/aromatic N) is 3. The lowest BCUT2D eigenvalue weighted by molar-refractivity contribution is 0.321. The van der Waals surface area contributed by atoms with Gasteiger partial charge in [-0.25, -0.2) is 0 Å². The normalized spacial score (nSPS) is 10.3. The molecule has 6 aromatic rings. The van der Waals surface area contributed by atoms with Crippen LogP contribution >= 0.6 is 0 Å². The lowest BCUT2D eigenvalue weighted by Gasteiger charge is -2.14. The largest absolute Gasteiger partial charge is 0.493 e. The number of aromatic nitrogens is 2. The number of nitrogens with one attached hydrogen (secondary N) is 1. The molecule has 0 aliphatic rings. The number of hydrogen-bond acceptors (Lipinski definition) is 10. The van der Waals surface area contributed by atoms with Crippen LogP contribution in [0.2, 0.25) is 0 Å². The summed E-state index contributed by atoms with van der Waals surface area (Å²) < 4.78 is 45.7. The van der Waals surface area contributed by atoms with Crippen molar-refractivity contribution in [1.82, 2.24) is 9.55 Å². The predicted molar refractivity (Wildman–Crippen MR) is 183 cm³/mol. The number of aryl methyl sites for hydroxylation is 1. The topological polar surface area (TPSA) is 142 Å². The fourth-order valence-electron chi connectivity index (χ4n) is 5.28. The van der Waals surface area contributed by atoms with Crippen LogP contribution < -0.4 is 37.9 Å². The molecule has 12 nitrogen and oxygen atoms in total. The van der Waals surface area contributed by atoms with Crippen LogP contribution in [0.15, 0.2) is 73.1 Å². The lowest BCUT2D eigenvalue weighted by atomic mass is 10.2. The molecule has 0 radical (unpaired) electrons. The monoisotopic (exact) mass is 662 g/mol. The van der Waals surface area contributed by atoms with Gasteiger partial charge in [-0.15, -0.1) is 0 Å². The molecule has 0 unspecified atom stereocenters. The molecule has 12 heteroatoms. The van der Waals surface area contributed by atoms with E-state index in [1.807, 2.05) is 48.0 Å². The summed E-state index contributed by atoms with van der Waals surface area (Å²) in [6.07, 6.45) is 3.47. The van der Waals surface area contributed by atoms with Crippen LogP contribution in [0.3, 0.4) is 0 Å². The number of ether oxygens (including phenoxy) is 8. The number of rotatable bonds is 10. The molecule has 2 heterocycles. The maximum Gasteiger partial charge on any atom is 0.203 e. The van der Waals surface area contributed by atoms with E-state index in [2.05, 4.69) is 17.1 Å². The molecule has 6 rings (SSSR count). The van der Waals surface area contributed by atoms with E-state index in [9.17, 15) is 5.26 Å². The second-order valence-corrected chi connectivity index (χ2v) is 10.4. The second-order valence-electron chi connectivity index (χ2n) is 10.4. The molecule has 4 aromatic carbocycles. The summed E-state index contributed by atoms with van der Waals surface area (Å²) in [5.74, 6) is 5.34. The van der Waals surface area contributed by atoms with E-state index < -0.39 is 0 Å². The Hall–Kier alpha value is -6.66. The Morgan fingerprint density at radius 2 is 1.02 bits per heavy atom. The molecule has 1 N–H and O–H groups in total. The molecular formula is C37H34N4O8. The number of benzene rings is 4. The van der Waals surface area contributed by atoms with E-state index in [-0.39, 0.29) is 0 Å². The van der Waals surface area contributed by atoms with Gasteiger partial charge in [-0.05, 0) is 36.4 Å². The molecule has 0 saturated heterocycles. The lowest BCUT2D eigenvalue weighted by Crippen LogP contribution is -1.96. The zero-order valence-corrected chi connectivity index (χ0v) is 28.0. The third kappa shape index (κ3) is 6.89. The van der Waals surface area contributed by atoms with Crippen molar-refractivity contribution in [3.8, 4) is 69.6 Å². The number of H-pyrrole nitrogens is 1. The van der Waals surface area contributed by atoms with E-state index in [0.717, 1.165) is 21.8 Å². The first-order valence-electron chi connectivity index (χ1n) is 14.8. The Morgan fingerprint density at radius 3 is 1.47 bits per heavy atom. The van der Waals surface area contributed by atoms with Crippen molar-refractivity contribution in [3.63, 3.8) is 0 Å². The zero-order valence-electron chi connectivity index (χ0n) is 28.0. The smallest absolute Gasteiger partial charge is 0.203 e. The van der Waals surface area contributed by atoms with Gasteiger partial charge in [0.1, 0.15) is 35.1 Å². The molecule has 0 fully saturated rings. The van der Waals surface area contributed by atoms with Gasteiger partial charge in [0.15, 0.2) is 23.0 Å². The number of fused-ring (bicyclic) bond motifs is 2. The Bertz CT molecular complexity index is 2160. The number of nitriles is 2. The molecule has 0 aliphatic heterocycles. The fourth-order valence-corrected chi connectivity index (χ4v) is 5.28.